The molecular formula is C34H29F2N3O4. The van der Waals surface area contributed by atoms with Gasteiger partial charge < -0.3 is 19.5 Å². The lowest BCUT2D eigenvalue weighted by Gasteiger charge is -2.36. The van der Waals surface area contributed by atoms with Crippen molar-refractivity contribution in [2.45, 2.75) is 32.5 Å². The molecule has 0 aliphatic carbocycles. The summed E-state index contributed by atoms with van der Waals surface area (Å²) in [5.74, 6) is -2.10. The number of halogens is 2. The van der Waals surface area contributed by atoms with Crippen LogP contribution in [0.5, 0.6) is 5.88 Å². The number of carboxylic acid groups (broad SMARTS) is 1. The van der Waals surface area contributed by atoms with Crippen molar-refractivity contribution in [3.63, 3.8) is 0 Å². The summed E-state index contributed by atoms with van der Waals surface area (Å²) >= 11 is 0. The van der Waals surface area contributed by atoms with E-state index in [2.05, 4.69) is 17.6 Å². The number of carbonyl (C=O) groups is 1. The Morgan fingerprint density at radius 3 is 2.58 bits per heavy atom. The summed E-state index contributed by atoms with van der Waals surface area (Å²) in [7, 11) is 0. The van der Waals surface area contributed by atoms with Gasteiger partial charge in [-0.25, -0.2) is 18.6 Å². The minimum Gasteiger partial charge on any atom is -0.478 e. The lowest BCUT2D eigenvalue weighted by atomic mass is 10.0. The minimum absolute atomic E-state index is 0.00629. The molecular weight excluding hydrogens is 552 g/mol. The van der Waals surface area contributed by atoms with Gasteiger partial charge in [0.15, 0.2) is 0 Å². The highest BCUT2D eigenvalue weighted by atomic mass is 19.1. The van der Waals surface area contributed by atoms with Gasteiger partial charge in [0.1, 0.15) is 18.2 Å². The Balaban J connectivity index is 1.35. The molecule has 0 saturated carbocycles. The van der Waals surface area contributed by atoms with E-state index in [9.17, 15) is 9.90 Å². The molecule has 1 aromatic heterocycles. The van der Waals surface area contributed by atoms with Gasteiger partial charge in [0.25, 0.3) is 0 Å². The number of rotatable bonds is 11. The fourth-order valence-electron chi connectivity index (χ4n) is 4.78. The molecule has 3 aromatic carbocycles. The van der Waals surface area contributed by atoms with Crippen LogP contribution in [-0.4, -0.2) is 35.3 Å². The smallest absolute Gasteiger partial charge is 0.335 e. The molecule has 4 aromatic rings. The van der Waals surface area contributed by atoms with Crippen molar-refractivity contribution in [1.82, 2.24) is 4.98 Å². The molecule has 1 unspecified atom stereocenters. The number of allylic oxidation sites excluding steroid dienone is 1. The molecule has 9 heteroatoms. The first kappa shape index (κ1) is 29.4. The van der Waals surface area contributed by atoms with Gasteiger partial charge in [0.2, 0.25) is 5.88 Å². The highest BCUT2D eigenvalue weighted by Gasteiger charge is 2.25. The van der Waals surface area contributed by atoms with E-state index in [-0.39, 0.29) is 47.4 Å². The summed E-state index contributed by atoms with van der Waals surface area (Å²) in [6, 6.07) is 20.9. The number of benzene rings is 3. The number of carboxylic acids is 1. The van der Waals surface area contributed by atoms with Gasteiger partial charge in [0, 0.05) is 42.6 Å². The van der Waals surface area contributed by atoms with Crippen LogP contribution in [0.15, 0.2) is 85.1 Å². The van der Waals surface area contributed by atoms with Crippen LogP contribution in [-0.2, 0) is 17.8 Å². The number of nitrogens with zero attached hydrogens (tertiary/aromatic N) is 3. The first-order valence-electron chi connectivity index (χ1n) is 13.7. The van der Waals surface area contributed by atoms with Crippen molar-refractivity contribution in [2.24, 2.45) is 0 Å². The van der Waals surface area contributed by atoms with E-state index in [0.29, 0.717) is 30.1 Å². The predicted octanol–water partition coefficient (Wildman–Crippen LogP) is 6.84. The standard InChI is InChI=1S/C34H29F2N3O4/c1-21-6-11-25(34(40)41)16-32(21)39(19-27-12-13-42-27)22(2)14-26-15-30(36)28(17-29(26)35)31-4-3-5-33(38-31)43-20-24-9-7-23(18-37)8-10-24/h3-11,15-17,27H,2,12-14,19-20H2,1H3,(H,40,41). The second-order valence-electron chi connectivity index (χ2n) is 10.3. The average Bonchev–Trinajstić information content (AvgIpc) is 2.98. The van der Waals surface area contributed by atoms with Crippen molar-refractivity contribution in [3.8, 4) is 23.2 Å². The van der Waals surface area contributed by atoms with Crippen LogP contribution in [0.1, 0.15) is 39.0 Å². The number of aryl methyl sites for hydroxylation is 1. The van der Waals surface area contributed by atoms with Crippen LogP contribution in [0.4, 0.5) is 14.5 Å². The minimum atomic E-state index is -1.06. The van der Waals surface area contributed by atoms with Gasteiger partial charge in [-0.05, 0) is 72.5 Å². The van der Waals surface area contributed by atoms with Crippen molar-refractivity contribution in [1.29, 1.82) is 5.26 Å². The highest BCUT2D eigenvalue weighted by molar-refractivity contribution is 5.89. The Bertz CT molecular complexity index is 1710. The first-order chi connectivity index (χ1) is 20.7. The molecule has 1 aliphatic rings. The summed E-state index contributed by atoms with van der Waals surface area (Å²) in [6.45, 7) is 7.25. The molecule has 2 heterocycles. The molecule has 1 N–H and O–H groups in total. The van der Waals surface area contributed by atoms with Gasteiger partial charge in [0.05, 0.1) is 29.0 Å². The predicted molar refractivity (Wildman–Crippen MR) is 158 cm³/mol. The van der Waals surface area contributed by atoms with Crippen LogP contribution < -0.4 is 9.64 Å². The lowest BCUT2D eigenvalue weighted by Crippen LogP contribution is -2.40. The van der Waals surface area contributed by atoms with Gasteiger partial charge >= 0.3 is 5.97 Å². The highest BCUT2D eigenvalue weighted by Crippen LogP contribution is 2.31. The molecule has 0 spiro atoms. The van der Waals surface area contributed by atoms with Crippen molar-refractivity contribution < 1.29 is 28.2 Å². The first-order valence-corrected chi connectivity index (χ1v) is 13.7. The number of hydrogen-bond donors (Lipinski definition) is 1. The number of pyridine rings is 1. The molecule has 5 rings (SSSR count). The molecule has 43 heavy (non-hydrogen) atoms. The van der Waals surface area contributed by atoms with Gasteiger partial charge in [-0.1, -0.05) is 30.8 Å². The SMILES string of the molecule is C=C(Cc1cc(F)c(-c2cccc(OCc3ccc(C#N)cc3)n2)cc1F)N(CC1CCO1)c1cc(C(=O)O)ccc1C. The molecule has 0 radical (unpaired) electrons. The summed E-state index contributed by atoms with van der Waals surface area (Å²) < 4.78 is 42.2. The Labute approximate surface area is 248 Å². The zero-order valence-corrected chi connectivity index (χ0v) is 23.5. The summed E-state index contributed by atoms with van der Waals surface area (Å²) in [5.41, 5.74) is 3.70. The third kappa shape index (κ3) is 6.88. The number of aromatic nitrogens is 1. The third-order valence-electron chi connectivity index (χ3n) is 7.31. The Morgan fingerprint density at radius 2 is 1.91 bits per heavy atom. The third-order valence-corrected chi connectivity index (χ3v) is 7.31. The second-order valence-corrected chi connectivity index (χ2v) is 10.3. The van der Waals surface area contributed by atoms with Crippen LogP contribution in [0.2, 0.25) is 0 Å². The fraction of sp³-hybridized carbons (Fsp3) is 0.206. The van der Waals surface area contributed by atoms with E-state index in [1.165, 1.54) is 6.07 Å². The largest absolute Gasteiger partial charge is 0.478 e. The molecule has 7 nitrogen and oxygen atoms in total. The topological polar surface area (TPSA) is 95.7 Å². The van der Waals surface area contributed by atoms with E-state index < -0.39 is 17.6 Å². The molecule has 218 valence electrons. The number of hydrogen-bond acceptors (Lipinski definition) is 6. The summed E-state index contributed by atoms with van der Waals surface area (Å²) in [5, 5.41) is 18.5. The lowest BCUT2D eigenvalue weighted by molar-refractivity contribution is -0.0438. The molecule has 1 aliphatic heterocycles. The maximum atomic E-state index is 15.5. The van der Waals surface area contributed by atoms with Gasteiger partial charge in [-0.2, -0.15) is 5.26 Å². The number of ether oxygens (including phenoxy) is 2. The number of aromatic carboxylic acids is 1. The van der Waals surface area contributed by atoms with Crippen molar-refractivity contribution >= 4 is 11.7 Å². The van der Waals surface area contributed by atoms with Crippen LogP contribution in [0, 0.1) is 29.9 Å². The Kier molecular flexibility index (Phi) is 8.79. The van der Waals surface area contributed by atoms with E-state index >= 15 is 8.78 Å². The van der Waals surface area contributed by atoms with E-state index in [4.69, 9.17) is 14.7 Å². The molecule has 1 fully saturated rings. The quantitative estimate of drug-likeness (QED) is 0.207. The molecule has 0 amide bonds. The fourth-order valence-corrected chi connectivity index (χ4v) is 4.78. The molecule has 0 bridgehead atoms. The van der Waals surface area contributed by atoms with Crippen molar-refractivity contribution in [2.75, 3.05) is 18.1 Å². The van der Waals surface area contributed by atoms with E-state index in [0.717, 1.165) is 29.7 Å². The van der Waals surface area contributed by atoms with Crippen LogP contribution in [0.3, 0.4) is 0 Å². The normalized spacial score (nSPS) is 14.0. The maximum absolute atomic E-state index is 15.5. The van der Waals surface area contributed by atoms with Gasteiger partial charge in [-0.3, -0.25) is 0 Å². The van der Waals surface area contributed by atoms with E-state index in [1.54, 1.807) is 54.6 Å². The molecule has 1 atom stereocenters. The molecule has 1 saturated heterocycles. The number of nitriles is 1. The zero-order valence-electron chi connectivity index (χ0n) is 23.5. The van der Waals surface area contributed by atoms with Gasteiger partial charge in [-0.15, -0.1) is 0 Å². The zero-order chi connectivity index (χ0) is 30.5. The van der Waals surface area contributed by atoms with Crippen molar-refractivity contribution in [3.05, 3.63) is 125 Å². The number of anilines is 1. The summed E-state index contributed by atoms with van der Waals surface area (Å²) in [6.07, 6.45) is 0.752. The Morgan fingerprint density at radius 1 is 1.14 bits per heavy atom. The maximum Gasteiger partial charge on any atom is 0.335 e. The van der Waals surface area contributed by atoms with Crippen LogP contribution >= 0.6 is 0 Å². The van der Waals surface area contributed by atoms with Crippen LogP contribution in [0.25, 0.3) is 11.3 Å². The Hall–Kier alpha value is -5.07. The van der Waals surface area contributed by atoms with E-state index in [1.807, 2.05) is 11.8 Å². The second kappa shape index (κ2) is 12.8. The monoisotopic (exact) mass is 581 g/mol. The average molecular weight is 582 g/mol. The summed E-state index contributed by atoms with van der Waals surface area (Å²) in [4.78, 5) is 17.8.